The number of rotatable bonds is 5. The predicted molar refractivity (Wildman–Crippen MR) is 116 cm³/mol. The van der Waals surface area contributed by atoms with E-state index in [4.69, 9.17) is 9.73 Å². The first-order valence-electron chi connectivity index (χ1n) is 9.59. The molecule has 0 atom stereocenters. The minimum atomic E-state index is -0.0130. The number of nitriles is 2. The van der Waals surface area contributed by atoms with Crippen molar-refractivity contribution in [2.45, 2.75) is 53.5 Å². The lowest BCUT2D eigenvalue weighted by Crippen LogP contribution is -2.19. The molecule has 0 saturated carbocycles. The van der Waals surface area contributed by atoms with Gasteiger partial charge in [0, 0.05) is 17.6 Å². The van der Waals surface area contributed by atoms with Crippen LogP contribution in [0.25, 0.3) is 0 Å². The van der Waals surface area contributed by atoms with Crippen LogP contribution < -0.4 is 9.54 Å². The summed E-state index contributed by atoms with van der Waals surface area (Å²) in [7, 11) is 0. The summed E-state index contributed by atoms with van der Waals surface area (Å²) in [6.45, 7) is 13.9. The first kappa shape index (κ1) is 22.4. The second-order valence-electron chi connectivity index (χ2n) is 8.08. The molecule has 1 heterocycles. The molecule has 0 aliphatic carbocycles. The number of hydrogen-bond acceptors (Lipinski definition) is 5. The number of hydrogen-bond donors (Lipinski definition) is 0. The molecular formula is C22H27N5OS. The third-order valence-electron chi connectivity index (χ3n) is 4.03. The summed E-state index contributed by atoms with van der Waals surface area (Å²) in [5.74, 6) is 1.23. The van der Waals surface area contributed by atoms with Crippen molar-refractivity contribution in [3.8, 4) is 18.0 Å². The topological polar surface area (TPSA) is 86.5 Å². The molecule has 152 valence electrons. The lowest BCUT2D eigenvalue weighted by molar-refractivity contribution is 0.339. The van der Waals surface area contributed by atoms with Crippen LogP contribution in [0, 0.1) is 28.7 Å². The van der Waals surface area contributed by atoms with E-state index in [1.807, 2.05) is 13.1 Å². The average molecular weight is 410 g/mol. The summed E-state index contributed by atoms with van der Waals surface area (Å²) < 4.78 is 7.80. The number of nitrogens with zero attached hydrogens (tertiary/aromatic N) is 5. The number of aliphatic imine (C=N–C) groups is 1. The van der Waals surface area contributed by atoms with Gasteiger partial charge in [-0.2, -0.15) is 20.5 Å². The standard InChI is InChI=1S/C22H27N5OS/c1-7-28-18-9-8-16(11-23)10-17(18)20(25-14-24)26-21-27(12-15(2)3)13-19(29-21)22(4,5)6/h8-10,13,15H,7,12H2,1-6H3/b25-20+,26-21-. The smallest absolute Gasteiger partial charge is 0.207 e. The van der Waals surface area contributed by atoms with Gasteiger partial charge in [-0.25, -0.2) is 0 Å². The maximum absolute atomic E-state index is 9.29. The van der Waals surface area contributed by atoms with Crippen LogP contribution in [0.1, 0.15) is 57.5 Å². The van der Waals surface area contributed by atoms with E-state index < -0.39 is 0 Å². The molecule has 0 spiro atoms. The quantitative estimate of drug-likeness (QED) is 0.411. The van der Waals surface area contributed by atoms with Gasteiger partial charge in [0.25, 0.3) is 0 Å². The van der Waals surface area contributed by atoms with E-state index >= 15 is 0 Å². The zero-order valence-electron chi connectivity index (χ0n) is 17.9. The van der Waals surface area contributed by atoms with Gasteiger partial charge in [0.15, 0.2) is 10.6 Å². The van der Waals surface area contributed by atoms with Gasteiger partial charge >= 0.3 is 0 Å². The van der Waals surface area contributed by atoms with E-state index in [0.717, 1.165) is 11.3 Å². The fourth-order valence-corrected chi connectivity index (χ4v) is 3.74. The molecule has 0 fully saturated rings. The van der Waals surface area contributed by atoms with E-state index in [2.05, 4.69) is 56.4 Å². The van der Waals surface area contributed by atoms with E-state index in [1.54, 1.807) is 29.5 Å². The molecule has 0 aliphatic heterocycles. The minimum Gasteiger partial charge on any atom is -0.493 e. The number of aromatic nitrogens is 1. The van der Waals surface area contributed by atoms with Crippen LogP contribution in [0.3, 0.4) is 0 Å². The highest BCUT2D eigenvalue weighted by Crippen LogP contribution is 2.25. The van der Waals surface area contributed by atoms with Gasteiger partial charge < -0.3 is 9.30 Å². The van der Waals surface area contributed by atoms with Crippen LogP contribution in [-0.4, -0.2) is 17.0 Å². The Labute approximate surface area is 176 Å². The normalized spacial score (nSPS) is 12.7. The van der Waals surface area contributed by atoms with E-state index in [1.165, 1.54) is 4.88 Å². The molecule has 2 aromatic rings. The Bertz CT molecular complexity index is 1040. The van der Waals surface area contributed by atoms with Crippen molar-refractivity contribution in [1.29, 1.82) is 10.5 Å². The van der Waals surface area contributed by atoms with Crippen molar-refractivity contribution in [2.75, 3.05) is 6.61 Å². The first-order valence-corrected chi connectivity index (χ1v) is 10.4. The van der Waals surface area contributed by atoms with Crippen LogP contribution in [0.2, 0.25) is 0 Å². The van der Waals surface area contributed by atoms with Crippen LogP contribution >= 0.6 is 11.3 Å². The minimum absolute atomic E-state index is 0.0130. The second kappa shape index (κ2) is 9.54. The third-order valence-corrected chi connectivity index (χ3v) is 5.47. The first-order chi connectivity index (χ1) is 13.7. The van der Waals surface area contributed by atoms with Crippen LogP contribution in [0.15, 0.2) is 34.4 Å². The molecule has 0 saturated heterocycles. The second-order valence-corrected chi connectivity index (χ2v) is 9.09. The Morgan fingerprint density at radius 3 is 2.55 bits per heavy atom. The predicted octanol–water partition coefficient (Wildman–Crippen LogP) is 4.60. The zero-order chi connectivity index (χ0) is 21.6. The molecule has 7 heteroatoms. The number of amidine groups is 1. The van der Waals surface area contributed by atoms with Crippen LogP contribution in [-0.2, 0) is 12.0 Å². The molecule has 0 N–H and O–H groups in total. The van der Waals surface area contributed by atoms with E-state index in [0.29, 0.717) is 29.4 Å². The Morgan fingerprint density at radius 2 is 2.00 bits per heavy atom. The maximum Gasteiger partial charge on any atom is 0.207 e. The van der Waals surface area contributed by atoms with Crippen LogP contribution in [0.4, 0.5) is 0 Å². The summed E-state index contributed by atoms with van der Waals surface area (Å²) in [4.78, 5) is 10.7. The molecular weight excluding hydrogens is 382 g/mol. The largest absolute Gasteiger partial charge is 0.493 e. The lowest BCUT2D eigenvalue weighted by Gasteiger charge is -2.14. The van der Waals surface area contributed by atoms with Gasteiger partial charge in [-0.1, -0.05) is 34.6 Å². The molecule has 0 bridgehead atoms. The molecule has 1 aromatic heterocycles. The lowest BCUT2D eigenvalue weighted by atomic mass is 9.95. The summed E-state index contributed by atoms with van der Waals surface area (Å²) in [6.07, 6.45) is 3.97. The Balaban J connectivity index is 2.72. The van der Waals surface area contributed by atoms with Crippen molar-refractivity contribution in [1.82, 2.24) is 4.57 Å². The fraction of sp³-hybridized carbons (Fsp3) is 0.455. The van der Waals surface area contributed by atoms with Gasteiger partial charge in [0.1, 0.15) is 5.75 Å². The molecule has 1 aromatic carbocycles. The van der Waals surface area contributed by atoms with Gasteiger partial charge in [0.05, 0.1) is 23.8 Å². The van der Waals surface area contributed by atoms with Gasteiger partial charge in [0.2, 0.25) is 6.19 Å². The van der Waals surface area contributed by atoms with Crippen molar-refractivity contribution in [2.24, 2.45) is 15.9 Å². The Hall–Kier alpha value is -2.90. The molecule has 0 amide bonds. The fourth-order valence-electron chi connectivity index (χ4n) is 2.68. The third kappa shape index (κ3) is 5.79. The molecule has 29 heavy (non-hydrogen) atoms. The SMILES string of the molecule is CCOc1ccc(C#N)cc1C(/N=c1\sc(C(C)(C)C)cn1CC(C)C)=N\C#N. The highest BCUT2D eigenvalue weighted by molar-refractivity contribution is 7.09. The molecule has 2 rings (SSSR count). The van der Waals surface area contributed by atoms with Crippen molar-refractivity contribution in [3.05, 3.63) is 45.2 Å². The van der Waals surface area contributed by atoms with Crippen molar-refractivity contribution < 1.29 is 4.74 Å². The maximum atomic E-state index is 9.29. The van der Waals surface area contributed by atoms with E-state index in [-0.39, 0.29) is 11.3 Å². The highest BCUT2D eigenvalue weighted by Gasteiger charge is 2.19. The van der Waals surface area contributed by atoms with Crippen LogP contribution in [0.5, 0.6) is 5.75 Å². The number of ether oxygens (including phenoxy) is 1. The summed E-state index contributed by atoms with van der Waals surface area (Å²) in [6, 6.07) is 7.18. The van der Waals surface area contributed by atoms with Gasteiger partial charge in [-0.3, -0.25) is 0 Å². The summed E-state index contributed by atoms with van der Waals surface area (Å²) in [5, 5.41) is 18.6. The Morgan fingerprint density at radius 1 is 1.28 bits per heavy atom. The molecule has 0 aliphatic rings. The summed E-state index contributed by atoms with van der Waals surface area (Å²) in [5.41, 5.74) is 0.983. The monoisotopic (exact) mass is 409 g/mol. The van der Waals surface area contributed by atoms with Gasteiger partial charge in [-0.15, -0.1) is 11.3 Å². The highest BCUT2D eigenvalue weighted by atomic mass is 32.1. The molecule has 6 nitrogen and oxygen atoms in total. The average Bonchev–Trinajstić information content (AvgIpc) is 3.04. The van der Waals surface area contributed by atoms with Gasteiger partial charge in [-0.05, 0) is 36.5 Å². The molecule has 0 radical (unpaired) electrons. The van der Waals surface area contributed by atoms with E-state index in [9.17, 15) is 10.5 Å². The van der Waals surface area contributed by atoms with Crippen molar-refractivity contribution >= 4 is 17.2 Å². The zero-order valence-corrected chi connectivity index (χ0v) is 18.7. The molecule has 0 unspecified atom stereocenters. The number of benzene rings is 1. The van der Waals surface area contributed by atoms with Crippen molar-refractivity contribution in [3.63, 3.8) is 0 Å². The number of thiazole rings is 1. The Kier molecular flexibility index (Phi) is 7.36. The summed E-state index contributed by atoms with van der Waals surface area (Å²) >= 11 is 1.59.